The van der Waals surface area contributed by atoms with Crippen LogP contribution >= 0.6 is 12.4 Å². The lowest BCUT2D eigenvalue weighted by molar-refractivity contribution is 0.528. The van der Waals surface area contributed by atoms with Crippen LogP contribution in [0.3, 0.4) is 0 Å². The van der Waals surface area contributed by atoms with E-state index >= 15 is 0 Å². The smallest absolute Gasteiger partial charge is 0.243 e. The fourth-order valence-corrected chi connectivity index (χ4v) is 3.27. The summed E-state index contributed by atoms with van der Waals surface area (Å²) in [6.45, 7) is 1.14. The summed E-state index contributed by atoms with van der Waals surface area (Å²) in [5.41, 5.74) is 0. The number of sulfonamides is 1. The molecular formula is C12H17ClF2N2O2S. The normalized spacial score (nSPS) is 18.8. The lowest BCUT2D eigenvalue weighted by Gasteiger charge is -2.11. The highest BCUT2D eigenvalue weighted by molar-refractivity contribution is 7.89. The maximum absolute atomic E-state index is 13.4. The fraction of sp³-hybridized carbons (Fsp3) is 0.500. The molecule has 0 unspecified atom stereocenters. The first kappa shape index (κ1) is 17.3. The van der Waals surface area contributed by atoms with Crippen LogP contribution in [0, 0.1) is 11.6 Å². The summed E-state index contributed by atoms with van der Waals surface area (Å²) in [6, 6.07) is 2.67. The molecule has 0 radical (unpaired) electrons. The van der Waals surface area contributed by atoms with Crippen molar-refractivity contribution in [2.45, 2.75) is 30.2 Å². The third-order valence-electron chi connectivity index (χ3n) is 3.13. The largest absolute Gasteiger partial charge is 0.314 e. The van der Waals surface area contributed by atoms with Crippen molar-refractivity contribution in [1.29, 1.82) is 0 Å². The molecule has 0 aliphatic carbocycles. The van der Waals surface area contributed by atoms with Crippen LogP contribution in [0.1, 0.15) is 19.3 Å². The van der Waals surface area contributed by atoms with Gasteiger partial charge >= 0.3 is 0 Å². The fourth-order valence-electron chi connectivity index (χ4n) is 2.13. The number of benzene rings is 1. The van der Waals surface area contributed by atoms with Gasteiger partial charge in [0.15, 0.2) is 0 Å². The highest BCUT2D eigenvalue weighted by Crippen LogP contribution is 2.16. The van der Waals surface area contributed by atoms with Crippen LogP contribution in [0.25, 0.3) is 0 Å². The Morgan fingerprint density at radius 3 is 2.75 bits per heavy atom. The second-order valence-electron chi connectivity index (χ2n) is 4.55. The van der Waals surface area contributed by atoms with Gasteiger partial charge in [0, 0.05) is 12.6 Å². The van der Waals surface area contributed by atoms with Gasteiger partial charge in [0.1, 0.15) is 16.5 Å². The number of nitrogens with one attached hydrogen (secondary N) is 2. The van der Waals surface area contributed by atoms with Crippen molar-refractivity contribution in [3.63, 3.8) is 0 Å². The molecule has 0 amide bonds. The molecule has 1 atom stereocenters. The highest BCUT2D eigenvalue weighted by Gasteiger charge is 2.20. The van der Waals surface area contributed by atoms with Crippen molar-refractivity contribution in [3.8, 4) is 0 Å². The number of halogens is 3. The Kier molecular flexibility index (Phi) is 6.32. The van der Waals surface area contributed by atoms with E-state index in [0.29, 0.717) is 18.5 Å². The molecule has 1 aromatic rings. The highest BCUT2D eigenvalue weighted by atomic mass is 35.5. The Bertz CT molecular complexity index is 548. The number of hydrogen-bond acceptors (Lipinski definition) is 3. The van der Waals surface area contributed by atoms with Crippen LogP contribution in [0.15, 0.2) is 23.1 Å². The van der Waals surface area contributed by atoms with Gasteiger partial charge in [0.2, 0.25) is 10.0 Å². The lowest BCUT2D eigenvalue weighted by Crippen LogP contribution is -2.31. The molecule has 1 saturated heterocycles. The molecule has 0 spiro atoms. The van der Waals surface area contributed by atoms with Crippen molar-refractivity contribution in [1.82, 2.24) is 10.0 Å². The van der Waals surface area contributed by atoms with Crippen molar-refractivity contribution in [3.05, 3.63) is 29.8 Å². The Morgan fingerprint density at radius 1 is 1.35 bits per heavy atom. The number of rotatable bonds is 5. The van der Waals surface area contributed by atoms with E-state index in [0.717, 1.165) is 31.5 Å². The molecule has 1 aromatic carbocycles. The molecule has 1 fully saturated rings. The molecule has 1 aliphatic rings. The third kappa shape index (κ3) is 4.37. The first-order valence-corrected chi connectivity index (χ1v) is 7.65. The quantitative estimate of drug-likeness (QED) is 0.867. The van der Waals surface area contributed by atoms with E-state index in [9.17, 15) is 17.2 Å². The van der Waals surface area contributed by atoms with Gasteiger partial charge in [-0.05, 0) is 44.0 Å². The van der Waals surface area contributed by atoms with Gasteiger partial charge in [0.25, 0.3) is 0 Å². The van der Waals surface area contributed by atoms with Gasteiger partial charge in [-0.25, -0.2) is 21.9 Å². The molecule has 0 aromatic heterocycles. The minimum atomic E-state index is -4.00. The molecule has 0 saturated carbocycles. The second kappa shape index (κ2) is 7.31. The molecule has 0 bridgehead atoms. The van der Waals surface area contributed by atoms with Gasteiger partial charge in [-0.3, -0.25) is 0 Å². The van der Waals surface area contributed by atoms with E-state index in [4.69, 9.17) is 0 Å². The molecular weight excluding hydrogens is 310 g/mol. The van der Waals surface area contributed by atoms with E-state index in [-0.39, 0.29) is 19.0 Å². The van der Waals surface area contributed by atoms with E-state index in [1.807, 2.05) is 0 Å². The molecule has 20 heavy (non-hydrogen) atoms. The molecule has 1 heterocycles. The summed E-state index contributed by atoms with van der Waals surface area (Å²) in [5, 5.41) is 3.23. The van der Waals surface area contributed by atoms with Crippen LogP contribution in [-0.2, 0) is 10.0 Å². The molecule has 8 heteroatoms. The van der Waals surface area contributed by atoms with Crippen LogP contribution in [-0.4, -0.2) is 27.5 Å². The monoisotopic (exact) mass is 326 g/mol. The summed E-state index contributed by atoms with van der Waals surface area (Å²) in [4.78, 5) is -0.646. The third-order valence-corrected chi connectivity index (χ3v) is 4.61. The minimum Gasteiger partial charge on any atom is -0.314 e. The van der Waals surface area contributed by atoms with Crippen LogP contribution < -0.4 is 10.0 Å². The van der Waals surface area contributed by atoms with Crippen molar-refractivity contribution in [2.24, 2.45) is 0 Å². The SMILES string of the molecule is Cl.O=S(=O)(NCC[C@H]1CCCN1)c1cc(F)ccc1F. The van der Waals surface area contributed by atoms with Crippen LogP contribution in [0.4, 0.5) is 8.78 Å². The molecule has 1 aliphatic heterocycles. The van der Waals surface area contributed by atoms with Crippen molar-refractivity contribution in [2.75, 3.05) is 13.1 Å². The second-order valence-corrected chi connectivity index (χ2v) is 6.29. The van der Waals surface area contributed by atoms with Crippen LogP contribution in [0.2, 0.25) is 0 Å². The topological polar surface area (TPSA) is 58.2 Å². The van der Waals surface area contributed by atoms with Crippen molar-refractivity contribution < 1.29 is 17.2 Å². The van der Waals surface area contributed by atoms with Crippen molar-refractivity contribution >= 4 is 22.4 Å². The maximum atomic E-state index is 13.4. The Labute approximate surface area is 123 Å². The Hall–Kier alpha value is -0.760. The van der Waals surface area contributed by atoms with E-state index in [2.05, 4.69) is 10.0 Å². The van der Waals surface area contributed by atoms with Gasteiger partial charge in [-0.2, -0.15) is 0 Å². The summed E-state index contributed by atoms with van der Waals surface area (Å²) >= 11 is 0. The van der Waals surface area contributed by atoms with E-state index in [1.165, 1.54) is 0 Å². The average molecular weight is 327 g/mol. The van der Waals surface area contributed by atoms with Gasteiger partial charge in [0.05, 0.1) is 0 Å². The predicted octanol–water partition coefficient (Wildman–Crippen LogP) is 1.81. The first-order chi connectivity index (χ1) is 8.99. The van der Waals surface area contributed by atoms with Gasteiger partial charge in [-0.15, -0.1) is 12.4 Å². The zero-order valence-electron chi connectivity index (χ0n) is 10.7. The maximum Gasteiger partial charge on any atom is 0.243 e. The summed E-state index contributed by atoms with van der Waals surface area (Å²) < 4.78 is 52.3. The molecule has 2 N–H and O–H groups in total. The molecule has 4 nitrogen and oxygen atoms in total. The minimum absolute atomic E-state index is 0. The van der Waals surface area contributed by atoms with Crippen LogP contribution in [0.5, 0.6) is 0 Å². The predicted molar refractivity (Wildman–Crippen MR) is 74.4 cm³/mol. The molecule has 2 rings (SSSR count). The molecule has 114 valence electrons. The van der Waals surface area contributed by atoms with E-state index in [1.54, 1.807) is 0 Å². The first-order valence-electron chi connectivity index (χ1n) is 6.17. The standard InChI is InChI=1S/C12H16F2N2O2S.ClH/c13-9-3-4-11(14)12(8-9)19(17,18)16-7-5-10-2-1-6-15-10;/h3-4,8,10,15-16H,1-2,5-7H2;1H/t10-;/m1./s1. The zero-order valence-corrected chi connectivity index (χ0v) is 12.4. The average Bonchev–Trinajstić information content (AvgIpc) is 2.85. The summed E-state index contributed by atoms with van der Waals surface area (Å²) in [6.07, 6.45) is 2.72. The van der Waals surface area contributed by atoms with Gasteiger partial charge < -0.3 is 5.32 Å². The van der Waals surface area contributed by atoms with Gasteiger partial charge in [-0.1, -0.05) is 0 Å². The number of hydrogen-bond donors (Lipinski definition) is 2. The zero-order chi connectivity index (χ0) is 13.9. The Morgan fingerprint density at radius 2 is 2.10 bits per heavy atom. The lowest BCUT2D eigenvalue weighted by atomic mass is 10.2. The van der Waals surface area contributed by atoms with E-state index < -0.39 is 26.6 Å². The Balaban J connectivity index is 0.00000200. The summed E-state index contributed by atoms with van der Waals surface area (Å²) in [7, 11) is -4.00. The summed E-state index contributed by atoms with van der Waals surface area (Å²) in [5.74, 6) is -1.73.